The summed E-state index contributed by atoms with van der Waals surface area (Å²) in [5, 5.41) is 11.5. The number of aryl methyl sites for hydroxylation is 1. The van der Waals surface area contributed by atoms with Gasteiger partial charge in [-0.1, -0.05) is 42.5 Å². The minimum absolute atomic E-state index is 0.0832. The van der Waals surface area contributed by atoms with Gasteiger partial charge in [0.25, 0.3) is 0 Å². The molecule has 2 aromatic carbocycles. The molecule has 0 atom stereocenters. The van der Waals surface area contributed by atoms with E-state index in [1.165, 1.54) is 0 Å². The van der Waals surface area contributed by atoms with E-state index in [0.717, 1.165) is 16.3 Å². The molecular weight excluding hydrogens is 304 g/mol. The zero-order valence-electron chi connectivity index (χ0n) is 13.3. The van der Waals surface area contributed by atoms with Gasteiger partial charge in [-0.15, -0.1) is 0 Å². The Kier molecular flexibility index (Phi) is 4.56. The molecule has 0 bridgehead atoms. The van der Waals surface area contributed by atoms with E-state index in [1.807, 2.05) is 42.5 Å². The summed E-state index contributed by atoms with van der Waals surface area (Å²) in [5.74, 6) is -0.0340. The lowest BCUT2D eigenvalue weighted by atomic mass is 10.0. The summed E-state index contributed by atoms with van der Waals surface area (Å²) >= 11 is 0. The number of hydrogen-bond acceptors (Lipinski definition) is 3. The number of carbonyl (C=O) groups is 2. The summed E-state index contributed by atoms with van der Waals surface area (Å²) in [4.78, 5) is 23.9. The third-order valence-corrected chi connectivity index (χ3v) is 3.66. The van der Waals surface area contributed by atoms with Gasteiger partial charge in [0.15, 0.2) is 5.82 Å². The van der Waals surface area contributed by atoms with Crippen molar-refractivity contribution in [3.8, 4) is 0 Å². The van der Waals surface area contributed by atoms with E-state index >= 15 is 0 Å². The fourth-order valence-electron chi connectivity index (χ4n) is 2.53. The second-order valence-electron chi connectivity index (χ2n) is 5.51. The van der Waals surface area contributed by atoms with Crippen LogP contribution < -0.4 is 10.6 Å². The first kappa shape index (κ1) is 15.7. The zero-order chi connectivity index (χ0) is 16.9. The lowest BCUT2D eigenvalue weighted by Crippen LogP contribution is -2.33. The second kappa shape index (κ2) is 6.95. The fraction of sp³-hybridized carbons (Fsp3) is 0.167. The molecule has 1 heterocycles. The van der Waals surface area contributed by atoms with Gasteiger partial charge >= 0.3 is 0 Å². The molecule has 2 N–H and O–H groups in total. The molecule has 1 aromatic heterocycles. The van der Waals surface area contributed by atoms with E-state index in [1.54, 1.807) is 24.0 Å². The Morgan fingerprint density at radius 1 is 1.04 bits per heavy atom. The molecule has 6 nitrogen and oxygen atoms in total. The second-order valence-corrected chi connectivity index (χ2v) is 5.51. The predicted octanol–water partition coefficient (Wildman–Crippen LogP) is 1.87. The Hall–Kier alpha value is -3.15. The number of amides is 2. The van der Waals surface area contributed by atoms with Crippen LogP contribution in [0, 0.1) is 0 Å². The summed E-state index contributed by atoms with van der Waals surface area (Å²) in [5.41, 5.74) is 0.940. The first-order valence-electron chi connectivity index (χ1n) is 7.64. The number of carbonyl (C=O) groups excluding carboxylic acids is 2. The van der Waals surface area contributed by atoms with Gasteiger partial charge in [-0.05, 0) is 16.3 Å². The number of anilines is 1. The first-order valence-corrected chi connectivity index (χ1v) is 7.64. The Bertz CT molecular complexity index is 880. The minimum atomic E-state index is -0.306. The van der Waals surface area contributed by atoms with Crippen molar-refractivity contribution in [2.24, 2.45) is 7.05 Å². The summed E-state index contributed by atoms with van der Waals surface area (Å²) in [6.07, 6.45) is 1.97. The molecule has 0 spiro atoms. The van der Waals surface area contributed by atoms with Crippen LogP contribution in [0.5, 0.6) is 0 Å². The molecule has 0 aliphatic carbocycles. The maximum absolute atomic E-state index is 12.1. The molecule has 0 radical (unpaired) electrons. The summed E-state index contributed by atoms with van der Waals surface area (Å²) in [6.45, 7) is -0.0832. The van der Waals surface area contributed by atoms with Crippen LogP contribution in [0.4, 0.5) is 5.82 Å². The molecular formula is C18H18N4O2. The van der Waals surface area contributed by atoms with Crippen molar-refractivity contribution < 1.29 is 9.59 Å². The smallest absolute Gasteiger partial charge is 0.244 e. The molecule has 0 aliphatic heterocycles. The molecule has 0 saturated carbocycles. The van der Waals surface area contributed by atoms with E-state index in [0.29, 0.717) is 5.82 Å². The van der Waals surface area contributed by atoms with Gasteiger partial charge in [0.2, 0.25) is 11.8 Å². The molecule has 6 heteroatoms. The molecule has 3 rings (SSSR count). The average Bonchev–Trinajstić information content (AvgIpc) is 2.98. The maximum Gasteiger partial charge on any atom is 0.244 e. The van der Waals surface area contributed by atoms with Gasteiger partial charge in [-0.25, -0.2) is 0 Å². The number of nitrogens with zero attached hydrogens (tertiary/aromatic N) is 2. The monoisotopic (exact) mass is 322 g/mol. The summed E-state index contributed by atoms with van der Waals surface area (Å²) in [7, 11) is 1.77. The van der Waals surface area contributed by atoms with Crippen LogP contribution in [-0.4, -0.2) is 28.1 Å². The van der Waals surface area contributed by atoms with Crippen molar-refractivity contribution in [1.82, 2.24) is 15.1 Å². The quantitative estimate of drug-likeness (QED) is 0.753. The van der Waals surface area contributed by atoms with E-state index in [2.05, 4.69) is 15.7 Å². The number of benzene rings is 2. The van der Waals surface area contributed by atoms with Crippen molar-refractivity contribution in [3.63, 3.8) is 0 Å². The lowest BCUT2D eigenvalue weighted by Gasteiger charge is -2.08. The average molecular weight is 322 g/mol. The number of nitrogens with one attached hydrogen (secondary N) is 2. The Balaban J connectivity index is 1.56. The molecule has 24 heavy (non-hydrogen) atoms. The van der Waals surface area contributed by atoms with Gasteiger partial charge in [0.1, 0.15) is 0 Å². The Morgan fingerprint density at radius 2 is 1.83 bits per heavy atom. The highest BCUT2D eigenvalue weighted by molar-refractivity contribution is 5.95. The van der Waals surface area contributed by atoms with Gasteiger partial charge in [-0.3, -0.25) is 14.3 Å². The largest absolute Gasteiger partial charge is 0.347 e. The van der Waals surface area contributed by atoms with Crippen LogP contribution in [0.25, 0.3) is 10.8 Å². The fourth-order valence-corrected chi connectivity index (χ4v) is 2.53. The maximum atomic E-state index is 12.1. The van der Waals surface area contributed by atoms with Crippen molar-refractivity contribution in [3.05, 3.63) is 60.3 Å². The van der Waals surface area contributed by atoms with Crippen LogP contribution >= 0.6 is 0 Å². The number of hydrogen-bond donors (Lipinski definition) is 2. The Labute approximate surface area is 139 Å². The number of aromatic nitrogens is 2. The normalized spacial score (nSPS) is 10.5. The topological polar surface area (TPSA) is 76.0 Å². The summed E-state index contributed by atoms with van der Waals surface area (Å²) in [6, 6.07) is 15.5. The highest BCUT2D eigenvalue weighted by Crippen LogP contribution is 2.18. The van der Waals surface area contributed by atoms with Gasteiger partial charge < -0.3 is 10.6 Å². The van der Waals surface area contributed by atoms with Gasteiger partial charge in [0, 0.05) is 19.3 Å². The number of rotatable bonds is 5. The van der Waals surface area contributed by atoms with E-state index in [9.17, 15) is 9.59 Å². The predicted molar refractivity (Wildman–Crippen MR) is 92.5 cm³/mol. The van der Waals surface area contributed by atoms with Crippen LogP contribution in [0.3, 0.4) is 0 Å². The number of fused-ring (bicyclic) bond motifs is 1. The molecule has 0 unspecified atom stereocenters. The molecule has 122 valence electrons. The van der Waals surface area contributed by atoms with Crippen LogP contribution in [0.1, 0.15) is 5.56 Å². The highest BCUT2D eigenvalue weighted by Gasteiger charge is 2.09. The standard InChI is InChI=1S/C18H18N4O2/c1-22-10-9-16(21-22)20-18(24)12-19-17(23)11-14-7-4-6-13-5-2-3-8-15(13)14/h2-10H,11-12H2,1H3,(H,19,23)(H,20,21,24). The van der Waals surface area contributed by atoms with Crippen LogP contribution in [0.2, 0.25) is 0 Å². The van der Waals surface area contributed by atoms with Crippen molar-refractivity contribution >= 4 is 28.4 Å². The zero-order valence-corrected chi connectivity index (χ0v) is 13.3. The van der Waals surface area contributed by atoms with Crippen molar-refractivity contribution in [2.45, 2.75) is 6.42 Å². The highest BCUT2D eigenvalue weighted by atomic mass is 16.2. The molecule has 0 saturated heterocycles. The van der Waals surface area contributed by atoms with Gasteiger partial charge in [0.05, 0.1) is 13.0 Å². The van der Waals surface area contributed by atoms with E-state index in [-0.39, 0.29) is 24.8 Å². The molecule has 2 amide bonds. The van der Waals surface area contributed by atoms with Crippen LogP contribution in [-0.2, 0) is 23.1 Å². The molecule has 0 fully saturated rings. The minimum Gasteiger partial charge on any atom is -0.347 e. The van der Waals surface area contributed by atoms with Gasteiger partial charge in [-0.2, -0.15) is 5.10 Å². The summed E-state index contributed by atoms with van der Waals surface area (Å²) < 4.78 is 1.59. The van der Waals surface area contributed by atoms with Crippen molar-refractivity contribution in [2.75, 3.05) is 11.9 Å². The lowest BCUT2D eigenvalue weighted by molar-refractivity contribution is -0.123. The third kappa shape index (κ3) is 3.78. The first-order chi connectivity index (χ1) is 11.6. The van der Waals surface area contributed by atoms with E-state index in [4.69, 9.17) is 0 Å². The van der Waals surface area contributed by atoms with Crippen molar-refractivity contribution in [1.29, 1.82) is 0 Å². The third-order valence-electron chi connectivity index (χ3n) is 3.66. The molecule has 0 aliphatic rings. The van der Waals surface area contributed by atoms with Crippen LogP contribution in [0.15, 0.2) is 54.7 Å². The van der Waals surface area contributed by atoms with E-state index < -0.39 is 0 Å². The SMILES string of the molecule is Cn1ccc(NC(=O)CNC(=O)Cc2cccc3ccccc23)n1. The molecule has 3 aromatic rings. The Morgan fingerprint density at radius 3 is 2.62 bits per heavy atom.